The van der Waals surface area contributed by atoms with Gasteiger partial charge in [-0.15, -0.1) is 0 Å². The lowest BCUT2D eigenvalue weighted by molar-refractivity contribution is -0.138. The number of nitrogens with zero attached hydrogens (tertiary/aromatic N) is 1. The van der Waals surface area contributed by atoms with Crippen molar-refractivity contribution < 1.29 is 27.4 Å². The number of rotatable bonds is 7. The monoisotopic (exact) mass is 495 g/mol. The van der Waals surface area contributed by atoms with E-state index >= 15 is 0 Å². The van der Waals surface area contributed by atoms with Gasteiger partial charge in [0.2, 0.25) is 10.0 Å². The van der Waals surface area contributed by atoms with Gasteiger partial charge < -0.3 is 14.2 Å². The molecule has 1 aliphatic rings. The molecule has 1 saturated heterocycles. The number of sulfonamides is 1. The molecule has 7 nitrogen and oxygen atoms in total. The van der Waals surface area contributed by atoms with Gasteiger partial charge in [-0.3, -0.25) is 0 Å². The zero-order chi connectivity index (χ0) is 21.6. The van der Waals surface area contributed by atoms with Crippen molar-refractivity contribution in [2.24, 2.45) is 0 Å². The Morgan fingerprint density at radius 3 is 2.53 bits per heavy atom. The highest BCUT2D eigenvalue weighted by Gasteiger charge is 2.29. The summed E-state index contributed by atoms with van der Waals surface area (Å²) in [5.41, 5.74) is 1.41. The Kier molecular flexibility index (Phi) is 7.65. The lowest BCUT2D eigenvalue weighted by Crippen LogP contribution is -2.40. The van der Waals surface area contributed by atoms with E-state index < -0.39 is 16.0 Å². The van der Waals surface area contributed by atoms with Crippen LogP contribution in [0.25, 0.3) is 6.08 Å². The number of esters is 1. The van der Waals surface area contributed by atoms with Gasteiger partial charge in [-0.05, 0) is 41.5 Å². The molecule has 0 spiro atoms. The molecule has 9 heteroatoms. The van der Waals surface area contributed by atoms with Gasteiger partial charge in [0.15, 0.2) is 0 Å². The highest BCUT2D eigenvalue weighted by Crippen LogP contribution is 2.28. The first-order valence-corrected chi connectivity index (χ1v) is 11.5. The summed E-state index contributed by atoms with van der Waals surface area (Å²) in [6.07, 6.45) is 2.79. The second kappa shape index (κ2) is 10.2. The van der Waals surface area contributed by atoms with Crippen LogP contribution in [0.4, 0.5) is 0 Å². The third-order valence-corrected chi connectivity index (χ3v) is 6.93. The predicted molar refractivity (Wildman–Crippen MR) is 116 cm³/mol. The molecular weight excluding hydrogens is 474 g/mol. The van der Waals surface area contributed by atoms with Crippen LogP contribution < -0.4 is 4.74 Å². The number of methoxy groups -OCH3 is 1. The lowest BCUT2D eigenvalue weighted by atomic mass is 10.2. The number of hydrogen-bond donors (Lipinski definition) is 0. The summed E-state index contributed by atoms with van der Waals surface area (Å²) in [6.45, 7) is 1.42. The SMILES string of the molecule is COc1ccc(C=CC(=O)OCc2ccc(Br)cc2)cc1S(=O)(=O)N1CCOCC1. The van der Waals surface area contributed by atoms with Crippen molar-refractivity contribution in [3.63, 3.8) is 0 Å². The number of halogens is 1. The van der Waals surface area contributed by atoms with Gasteiger partial charge in [-0.25, -0.2) is 13.2 Å². The molecule has 0 amide bonds. The molecule has 1 heterocycles. The highest BCUT2D eigenvalue weighted by molar-refractivity contribution is 9.10. The summed E-state index contributed by atoms with van der Waals surface area (Å²) >= 11 is 3.35. The quantitative estimate of drug-likeness (QED) is 0.433. The minimum absolute atomic E-state index is 0.0530. The molecule has 0 saturated carbocycles. The molecular formula is C21H22BrNO6S. The van der Waals surface area contributed by atoms with E-state index in [2.05, 4.69) is 15.9 Å². The molecule has 2 aromatic rings. The summed E-state index contributed by atoms with van der Waals surface area (Å²) < 4.78 is 44.0. The van der Waals surface area contributed by atoms with Gasteiger partial charge in [0.25, 0.3) is 0 Å². The van der Waals surface area contributed by atoms with Gasteiger partial charge in [0, 0.05) is 23.6 Å². The molecule has 3 rings (SSSR count). The minimum Gasteiger partial charge on any atom is -0.495 e. The van der Waals surface area contributed by atoms with Crippen LogP contribution >= 0.6 is 15.9 Å². The van der Waals surface area contributed by atoms with E-state index in [1.165, 1.54) is 29.6 Å². The van der Waals surface area contributed by atoms with Gasteiger partial charge >= 0.3 is 5.97 Å². The third kappa shape index (κ3) is 5.69. The molecule has 1 fully saturated rings. The zero-order valence-corrected chi connectivity index (χ0v) is 18.8. The van der Waals surface area contributed by atoms with Crippen LogP contribution in [0.15, 0.2) is 57.9 Å². The van der Waals surface area contributed by atoms with Crippen molar-refractivity contribution in [1.82, 2.24) is 4.31 Å². The molecule has 0 aromatic heterocycles. The Balaban J connectivity index is 1.72. The summed E-state index contributed by atoms with van der Waals surface area (Å²) in [6, 6.07) is 12.2. The van der Waals surface area contributed by atoms with E-state index in [1.54, 1.807) is 12.1 Å². The third-order valence-electron chi connectivity index (χ3n) is 4.48. The first kappa shape index (κ1) is 22.5. The summed E-state index contributed by atoms with van der Waals surface area (Å²) in [4.78, 5) is 12.1. The van der Waals surface area contributed by atoms with Crippen molar-refractivity contribution in [3.8, 4) is 5.75 Å². The van der Waals surface area contributed by atoms with E-state index in [4.69, 9.17) is 14.2 Å². The second-order valence-corrected chi connectivity index (χ2v) is 9.32. The fourth-order valence-corrected chi connectivity index (χ4v) is 4.73. The fourth-order valence-electron chi connectivity index (χ4n) is 2.87. The summed E-state index contributed by atoms with van der Waals surface area (Å²) in [7, 11) is -2.32. The Morgan fingerprint density at radius 2 is 1.87 bits per heavy atom. The number of hydrogen-bond acceptors (Lipinski definition) is 6. The van der Waals surface area contributed by atoms with Crippen LogP contribution in [0.2, 0.25) is 0 Å². The van der Waals surface area contributed by atoms with Crippen molar-refractivity contribution in [2.45, 2.75) is 11.5 Å². The first-order chi connectivity index (χ1) is 14.4. The normalized spacial score (nSPS) is 15.3. The maximum atomic E-state index is 13.0. The van der Waals surface area contributed by atoms with Crippen LogP contribution in [0.1, 0.15) is 11.1 Å². The number of carbonyl (C=O) groups is 1. The van der Waals surface area contributed by atoms with Crippen molar-refractivity contribution in [1.29, 1.82) is 0 Å². The molecule has 0 radical (unpaired) electrons. The number of benzene rings is 2. The smallest absolute Gasteiger partial charge is 0.331 e. The average molecular weight is 496 g/mol. The molecule has 0 atom stereocenters. The molecule has 1 aliphatic heterocycles. The largest absolute Gasteiger partial charge is 0.495 e. The van der Waals surface area contributed by atoms with Crippen LogP contribution in [-0.2, 0) is 30.9 Å². The fraction of sp³-hybridized carbons (Fsp3) is 0.286. The Morgan fingerprint density at radius 1 is 1.17 bits per heavy atom. The van der Waals surface area contributed by atoms with E-state index in [0.717, 1.165) is 10.0 Å². The van der Waals surface area contributed by atoms with Crippen LogP contribution in [0.3, 0.4) is 0 Å². The first-order valence-electron chi connectivity index (χ1n) is 9.25. The molecule has 0 bridgehead atoms. The number of ether oxygens (including phenoxy) is 3. The highest BCUT2D eigenvalue weighted by atomic mass is 79.9. The Bertz CT molecular complexity index is 1010. The molecule has 160 valence electrons. The van der Waals surface area contributed by atoms with Crippen molar-refractivity contribution in [3.05, 3.63) is 64.1 Å². The predicted octanol–water partition coefficient (Wildman–Crippen LogP) is 3.24. The number of morpholine rings is 1. The minimum atomic E-state index is -3.74. The summed E-state index contributed by atoms with van der Waals surface area (Å²) in [5, 5.41) is 0. The second-order valence-electron chi connectivity index (χ2n) is 6.49. The standard InChI is InChI=1S/C21H22BrNO6S/c1-27-19-8-4-16(14-20(19)30(25,26)23-10-12-28-13-11-23)5-9-21(24)29-15-17-2-6-18(22)7-3-17/h2-9,14H,10-13,15H2,1H3. The summed E-state index contributed by atoms with van der Waals surface area (Å²) in [5.74, 6) is -0.275. The maximum absolute atomic E-state index is 13.0. The van der Waals surface area contributed by atoms with E-state index in [1.807, 2.05) is 24.3 Å². The maximum Gasteiger partial charge on any atom is 0.331 e. The lowest BCUT2D eigenvalue weighted by Gasteiger charge is -2.26. The average Bonchev–Trinajstić information content (AvgIpc) is 2.77. The molecule has 0 aliphatic carbocycles. The van der Waals surface area contributed by atoms with Gasteiger partial charge in [0.05, 0.1) is 20.3 Å². The van der Waals surface area contributed by atoms with Gasteiger partial charge in [-0.2, -0.15) is 4.31 Å². The van der Waals surface area contributed by atoms with Crippen LogP contribution in [0.5, 0.6) is 5.75 Å². The Labute approximate surface area is 184 Å². The molecule has 0 unspecified atom stereocenters. The molecule has 0 N–H and O–H groups in total. The van der Waals surface area contributed by atoms with E-state index in [-0.39, 0.29) is 30.3 Å². The topological polar surface area (TPSA) is 82.1 Å². The van der Waals surface area contributed by atoms with Crippen LogP contribution in [-0.4, -0.2) is 52.1 Å². The van der Waals surface area contributed by atoms with Crippen molar-refractivity contribution in [2.75, 3.05) is 33.4 Å². The zero-order valence-electron chi connectivity index (χ0n) is 16.4. The number of carbonyl (C=O) groups excluding carboxylic acids is 1. The van der Waals surface area contributed by atoms with E-state index in [0.29, 0.717) is 18.8 Å². The van der Waals surface area contributed by atoms with E-state index in [9.17, 15) is 13.2 Å². The van der Waals surface area contributed by atoms with Gasteiger partial charge in [0.1, 0.15) is 17.3 Å². The van der Waals surface area contributed by atoms with Crippen molar-refractivity contribution >= 4 is 38.0 Å². The molecule has 2 aromatic carbocycles. The Hall–Kier alpha value is -2.20. The molecule has 30 heavy (non-hydrogen) atoms. The van der Waals surface area contributed by atoms with Crippen LogP contribution in [0, 0.1) is 0 Å². The van der Waals surface area contributed by atoms with Gasteiger partial charge in [-0.1, -0.05) is 34.1 Å².